The van der Waals surface area contributed by atoms with E-state index in [1.807, 2.05) is 18.9 Å². The molecule has 0 aliphatic carbocycles. The Morgan fingerprint density at radius 3 is 2.36 bits per heavy atom. The number of hydrogen-bond acceptors (Lipinski definition) is 3. The molecule has 1 aliphatic heterocycles. The molecule has 28 heavy (non-hydrogen) atoms. The van der Waals surface area contributed by atoms with Crippen molar-refractivity contribution in [2.75, 3.05) is 20.1 Å². The van der Waals surface area contributed by atoms with Crippen LogP contribution < -0.4 is 0 Å². The second-order valence-corrected chi connectivity index (χ2v) is 10.7. The van der Waals surface area contributed by atoms with E-state index in [2.05, 4.69) is 58.9 Å². The van der Waals surface area contributed by atoms with Gasteiger partial charge in [0.05, 0.1) is 5.25 Å². The first-order valence-corrected chi connectivity index (χ1v) is 11.3. The lowest BCUT2D eigenvalue weighted by Gasteiger charge is -2.26. The van der Waals surface area contributed by atoms with E-state index in [1.54, 1.807) is 16.7 Å². The van der Waals surface area contributed by atoms with Gasteiger partial charge >= 0.3 is 0 Å². The summed E-state index contributed by atoms with van der Waals surface area (Å²) in [5.74, 6) is 0.749. The molecular weight excluding hydrogens is 368 g/mol. The van der Waals surface area contributed by atoms with Crippen LogP contribution in [-0.4, -0.2) is 47.0 Å². The lowest BCUT2D eigenvalue weighted by atomic mass is 9.86. The maximum Gasteiger partial charge on any atom is 0.236 e. The average molecular weight is 405 g/mol. The number of amides is 2. The molecule has 1 heterocycles. The Bertz CT molecular complexity index is 679. The van der Waals surface area contributed by atoms with Crippen molar-refractivity contribution in [2.24, 2.45) is 5.92 Å². The average Bonchev–Trinajstić information content (AvgIpc) is 2.88. The fourth-order valence-electron chi connectivity index (χ4n) is 3.42. The zero-order chi connectivity index (χ0) is 21.1. The van der Waals surface area contributed by atoms with Crippen molar-refractivity contribution in [3.63, 3.8) is 0 Å². The maximum absolute atomic E-state index is 12.7. The maximum atomic E-state index is 12.7. The van der Waals surface area contributed by atoms with Gasteiger partial charge in [-0.1, -0.05) is 58.9 Å². The fraction of sp³-hybridized carbons (Fsp3) is 0.652. The molecule has 1 fully saturated rings. The van der Waals surface area contributed by atoms with Gasteiger partial charge in [-0.2, -0.15) is 0 Å². The van der Waals surface area contributed by atoms with Gasteiger partial charge in [0.15, 0.2) is 0 Å². The highest BCUT2D eigenvalue weighted by Crippen LogP contribution is 2.43. The van der Waals surface area contributed by atoms with Crippen LogP contribution in [0.2, 0.25) is 0 Å². The van der Waals surface area contributed by atoms with Crippen LogP contribution >= 0.6 is 11.8 Å². The van der Waals surface area contributed by atoms with Gasteiger partial charge in [0.2, 0.25) is 11.8 Å². The zero-order valence-electron chi connectivity index (χ0n) is 18.5. The van der Waals surface area contributed by atoms with Crippen molar-refractivity contribution < 1.29 is 9.59 Å². The van der Waals surface area contributed by atoms with E-state index in [9.17, 15) is 9.59 Å². The molecule has 0 radical (unpaired) electrons. The van der Waals surface area contributed by atoms with Crippen molar-refractivity contribution in [3.8, 4) is 0 Å². The second kappa shape index (κ2) is 9.34. The lowest BCUT2D eigenvalue weighted by molar-refractivity contribution is -0.131. The predicted molar refractivity (Wildman–Crippen MR) is 118 cm³/mol. The minimum absolute atomic E-state index is 0.0207. The highest BCUT2D eigenvalue weighted by atomic mass is 32.2. The van der Waals surface area contributed by atoms with E-state index in [0.29, 0.717) is 25.4 Å². The largest absolute Gasteiger partial charge is 0.346 e. The standard InChI is InChI=1S/C23H36N2O2S/c1-16(2)15-20(26)24(7)13-8-14-25-21(27)17(3)28-22(25)18-9-11-19(12-10-18)23(4,5)6/h9-12,16-17,22H,8,13-15H2,1-7H3/t17-,22-/m0/s1. The van der Waals surface area contributed by atoms with Gasteiger partial charge in [-0.3, -0.25) is 9.59 Å². The quantitative estimate of drug-likeness (QED) is 0.653. The topological polar surface area (TPSA) is 40.6 Å². The molecule has 0 spiro atoms. The van der Waals surface area contributed by atoms with Crippen LogP contribution in [0.3, 0.4) is 0 Å². The van der Waals surface area contributed by atoms with Crippen LogP contribution in [0.15, 0.2) is 24.3 Å². The molecule has 1 aliphatic rings. The molecular formula is C23H36N2O2S. The van der Waals surface area contributed by atoms with Gasteiger partial charge in [-0.05, 0) is 35.8 Å². The minimum atomic E-state index is -0.0207. The summed E-state index contributed by atoms with van der Waals surface area (Å²) in [6, 6.07) is 8.68. The number of carbonyl (C=O) groups is 2. The molecule has 0 saturated carbocycles. The minimum Gasteiger partial charge on any atom is -0.346 e. The molecule has 1 saturated heterocycles. The van der Waals surface area contributed by atoms with Crippen molar-refractivity contribution >= 4 is 23.6 Å². The van der Waals surface area contributed by atoms with Crippen molar-refractivity contribution in [3.05, 3.63) is 35.4 Å². The number of thioether (sulfide) groups is 1. The first-order chi connectivity index (χ1) is 13.0. The van der Waals surface area contributed by atoms with Crippen molar-refractivity contribution in [2.45, 2.75) is 70.4 Å². The van der Waals surface area contributed by atoms with Gasteiger partial charge in [0, 0.05) is 26.6 Å². The summed E-state index contributed by atoms with van der Waals surface area (Å²) in [5, 5.41) is 0.0424. The summed E-state index contributed by atoms with van der Waals surface area (Å²) in [6.45, 7) is 14.1. The third-order valence-corrected chi connectivity index (χ3v) is 6.60. The van der Waals surface area contributed by atoms with Gasteiger partial charge < -0.3 is 9.80 Å². The SMILES string of the molecule is CC(C)CC(=O)N(C)CCCN1C(=O)[C@H](C)S[C@H]1c1ccc(C(C)(C)C)cc1. The van der Waals surface area contributed by atoms with Crippen molar-refractivity contribution in [1.82, 2.24) is 9.80 Å². The van der Waals surface area contributed by atoms with Crippen LogP contribution in [0.1, 0.15) is 70.9 Å². The van der Waals surface area contributed by atoms with Crippen LogP contribution in [0.4, 0.5) is 0 Å². The molecule has 0 unspecified atom stereocenters. The van der Waals surface area contributed by atoms with E-state index < -0.39 is 0 Å². The van der Waals surface area contributed by atoms with E-state index in [1.165, 1.54) is 11.1 Å². The van der Waals surface area contributed by atoms with Crippen LogP contribution in [0, 0.1) is 5.92 Å². The second-order valence-electron chi connectivity index (χ2n) is 9.30. The van der Waals surface area contributed by atoms with E-state index in [4.69, 9.17) is 0 Å². The normalized spacial score (nSPS) is 20.1. The van der Waals surface area contributed by atoms with Gasteiger partial charge in [0.25, 0.3) is 0 Å². The zero-order valence-corrected chi connectivity index (χ0v) is 19.3. The first-order valence-electron chi connectivity index (χ1n) is 10.3. The predicted octanol–water partition coefficient (Wildman–Crippen LogP) is 4.84. The molecule has 4 nitrogen and oxygen atoms in total. The number of rotatable bonds is 7. The summed E-state index contributed by atoms with van der Waals surface area (Å²) in [4.78, 5) is 28.6. The van der Waals surface area contributed by atoms with E-state index >= 15 is 0 Å². The van der Waals surface area contributed by atoms with Crippen LogP contribution in [0.5, 0.6) is 0 Å². The molecule has 2 atom stereocenters. The smallest absolute Gasteiger partial charge is 0.236 e. The molecule has 0 N–H and O–H groups in total. The Morgan fingerprint density at radius 2 is 1.82 bits per heavy atom. The number of hydrogen-bond donors (Lipinski definition) is 0. The van der Waals surface area contributed by atoms with Gasteiger partial charge in [-0.15, -0.1) is 11.8 Å². The molecule has 156 valence electrons. The monoisotopic (exact) mass is 404 g/mol. The van der Waals surface area contributed by atoms with Gasteiger partial charge in [-0.25, -0.2) is 0 Å². The molecule has 0 bridgehead atoms. The number of nitrogens with zero attached hydrogens (tertiary/aromatic N) is 2. The third kappa shape index (κ3) is 5.76. The van der Waals surface area contributed by atoms with E-state index in [0.717, 1.165) is 6.42 Å². The Morgan fingerprint density at radius 1 is 1.21 bits per heavy atom. The highest BCUT2D eigenvalue weighted by Gasteiger charge is 2.38. The Hall–Kier alpha value is -1.49. The Kier molecular flexibility index (Phi) is 7.60. The lowest BCUT2D eigenvalue weighted by Crippen LogP contribution is -2.34. The number of benzene rings is 1. The fourth-order valence-corrected chi connectivity index (χ4v) is 4.72. The Labute approximate surface area is 175 Å². The first kappa shape index (κ1) is 22.8. The van der Waals surface area contributed by atoms with Crippen LogP contribution in [-0.2, 0) is 15.0 Å². The molecule has 0 aromatic heterocycles. The summed E-state index contributed by atoms with van der Waals surface area (Å²) < 4.78 is 0. The van der Waals surface area contributed by atoms with Crippen molar-refractivity contribution in [1.29, 1.82) is 0 Å². The highest BCUT2D eigenvalue weighted by molar-refractivity contribution is 8.01. The molecule has 2 amide bonds. The van der Waals surface area contributed by atoms with Gasteiger partial charge in [0.1, 0.15) is 5.37 Å². The molecule has 1 aromatic carbocycles. The molecule has 2 rings (SSSR count). The number of carbonyl (C=O) groups excluding carboxylic acids is 2. The Balaban J connectivity index is 2.01. The summed E-state index contributed by atoms with van der Waals surface area (Å²) in [7, 11) is 1.86. The van der Waals surface area contributed by atoms with Crippen LogP contribution in [0.25, 0.3) is 0 Å². The molecule has 5 heteroatoms. The van der Waals surface area contributed by atoms with E-state index in [-0.39, 0.29) is 27.9 Å². The summed E-state index contributed by atoms with van der Waals surface area (Å²) in [6.07, 6.45) is 1.38. The third-order valence-electron chi connectivity index (χ3n) is 5.21. The summed E-state index contributed by atoms with van der Waals surface area (Å²) in [5.41, 5.74) is 2.60. The summed E-state index contributed by atoms with van der Waals surface area (Å²) >= 11 is 1.72. The molecule has 1 aromatic rings.